The molecule has 0 fully saturated rings. The van der Waals surface area contributed by atoms with E-state index in [0.717, 1.165) is 16.0 Å². The molecule has 3 rings (SSSR count). The molecule has 0 aliphatic heterocycles. The van der Waals surface area contributed by atoms with Crippen LogP contribution in [0.5, 0.6) is 0 Å². The van der Waals surface area contributed by atoms with Gasteiger partial charge in [-0.25, -0.2) is 13.1 Å². The SMILES string of the molecule is Cc1ccc(CCNS(=O)(=O)c2ccc(Cl)cc2)c(SC(C)C(=O)Nc2nn[nH]n2)c1. The fourth-order valence-corrected chi connectivity index (χ4v) is 4.95. The van der Waals surface area contributed by atoms with Crippen LogP contribution in [0, 0.1) is 6.92 Å². The minimum atomic E-state index is -3.64. The molecule has 0 spiro atoms. The lowest BCUT2D eigenvalue weighted by molar-refractivity contribution is -0.115. The highest BCUT2D eigenvalue weighted by molar-refractivity contribution is 8.00. The molecule has 9 nitrogen and oxygen atoms in total. The zero-order valence-corrected chi connectivity index (χ0v) is 19.2. The number of sulfonamides is 1. The lowest BCUT2D eigenvalue weighted by Gasteiger charge is -2.15. The minimum Gasteiger partial charge on any atom is -0.291 e. The van der Waals surface area contributed by atoms with Crippen LogP contribution in [0.1, 0.15) is 18.1 Å². The number of hydrogen-bond acceptors (Lipinski definition) is 7. The quantitative estimate of drug-likeness (QED) is 0.401. The summed E-state index contributed by atoms with van der Waals surface area (Å²) in [6.07, 6.45) is 0.467. The van der Waals surface area contributed by atoms with Crippen molar-refractivity contribution in [2.24, 2.45) is 0 Å². The van der Waals surface area contributed by atoms with Gasteiger partial charge >= 0.3 is 0 Å². The van der Waals surface area contributed by atoms with Crippen molar-refractivity contribution in [3.63, 3.8) is 0 Å². The third-order valence-corrected chi connectivity index (χ3v) is 7.22. The molecule has 0 radical (unpaired) electrons. The average Bonchev–Trinajstić information content (AvgIpc) is 3.23. The van der Waals surface area contributed by atoms with Gasteiger partial charge in [-0.3, -0.25) is 10.1 Å². The maximum atomic E-state index is 12.5. The van der Waals surface area contributed by atoms with E-state index in [2.05, 4.69) is 30.7 Å². The Hall–Kier alpha value is -2.47. The Morgan fingerprint density at radius 3 is 2.65 bits per heavy atom. The Bertz CT molecular complexity index is 1140. The van der Waals surface area contributed by atoms with E-state index < -0.39 is 15.3 Å². The van der Waals surface area contributed by atoms with Crippen molar-refractivity contribution < 1.29 is 13.2 Å². The van der Waals surface area contributed by atoms with Gasteiger partial charge < -0.3 is 0 Å². The zero-order chi connectivity index (χ0) is 22.4. The molecule has 0 aliphatic carbocycles. The van der Waals surface area contributed by atoms with E-state index in [-0.39, 0.29) is 23.3 Å². The number of rotatable bonds is 9. The normalized spacial score (nSPS) is 12.5. The molecular formula is C19H21ClN6O3S2. The zero-order valence-electron chi connectivity index (χ0n) is 16.8. The smallest absolute Gasteiger partial charge is 0.269 e. The summed E-state index contributed by atoms with van der Waals surface area (Å²) < 4.78 is 27.5. The maximum absolute atomic E-state index is 12.5. The number of tetrazole rings is 1. The number of nitrogens with one attached hydrogen (secondary N) is 3. The second-order valence-electron chi connectivity index (χ2n) is 6.70. The monoisotopic (exact) mass is 480 g/mol. The summed E-state index contributed by atoms with van der Waals surface area (Å²) in [4.78, 5) is 13.4. The van der Waals surface area contributed by atoms with Gasteiger partial charge in [0.25, 0.3) is 5.95 Å². The number of anilines is 1. The van der Waals surface area contributed by atoms with Crippen LogP contribution < -0.4 is 10.0 Å². The van der Waals surface area contributed by atoms with Gasteiger partial charge in [0, 0.05) is 16.5 Å². The molecule has 1 aromatic heterocycles. The second kappa shape index (κ2) is 10.2. The fourth-order valence-electron chi connectivity index (χ4n) is 2.67. The first kappa shape index (κ1) is 23.2. The number of benzene rings is 2. The van der Waals surface area contributed by atoms with Gasteiger partial charge in [0.15, 0.2) is 0 Å². The Morgan fingerprint density at radius 1 is 1.23 bits per heavy atom. The van der Waals surface area contributed by atoms with E-state index in [0.29, 0.717) is 11.4 Å². The van der Waals surface area contributed by atoms with Crippen molar-refractivity contribution in [3.05, 3.63) is 58.6 Å². The van der Waals surface area contributed by atoms with Gasteiger partial charge in [-0.05, 0) is 61.4 Å². The van der Waals surface area contributed by atoms with Crippen LogP contribution in [-0.4, -0.2) is 46.7 Å². The van der Waals surface area contributed by atoms with Gasteiger partial charge in [0.05, 0.1) is 10.1 Å². The van der Waals surface area contributed by atoms with Crippen molar-refractivity contribution in [1.82, 2.24) is 25.3 Å². The summed E-state index contributed by atoms with van der Waals surface area (Å²) in [6.45, 7) is 3.95. The largest absolute Gasteiger partial charge is 0.291 e. The first-order valence-electron chi connectivity index (χ1n) is 9.30. The lowest BCUT2D eigenvalue weighted by Crippen LogP contribution is -2.26. The van der Waals surface area contributed by atoms with Crippen molar-refractivity contribution >= 4 is 45.2 Å². The number of carbonyl (C=O) groups is 1. The van der Waals surface area contributed by atoms with Gasteiger partial charge in [0.1, 0.15) is 0 Å². The Labute approximate surface area is 189 Å². The van der Waals surface area contributed by atoms with Gasteiger partial charge in [-0.15, -0.1) is 16.9 Å². The summed E-state index contributed by atoms with van der Waals surface area (Å²) >= 11 is 7.20. The number of hydrogen-bond donors (Lipinski definition) is 3. The number of nitrogens with zero attached hydrogens (tertiary/aromatic N) is 3. The van der Waals surface area contributed by atoms with Gasteiger partial charge in [-0.1, -0.05) is 34.4 Å². The van der Waals surface area contributed by atoms with Crippen LogP contribution >= 0.6 is 23.4 Å². The average molecular weight is 481 g/mol. The maximum Gasteiger partial charge on any atom is 0.269 e. The van der Waals surface area contributed by atoms with E-state index in [1.54, 1.807) is 6.92 Å². The molecule has 12 heteroatoms. The number of aryl methyl sites for hydroxylation is 1. The molecule has 1 heterocycles. The molecule has 1 amide bonds. The van der Waals surface area contributed by atoms with Crippen LogP contribution in [-0.2, 0) is 21.2 Å². The number of amides is 1. The van der Waals surface area contributed by atoms with Crippen LogP contribution in [0.2, 0.25) is 5.02 Å². The second-order valence-corrected chi connectivity index (χ2v) is 10.3. The van der Waals surface area contributed by atoms with E-state index in [9.17, 15) is 13.2 Å². The third kappa shape index (κ3) is 6.50. The lowest BCUT2D eigenvalue weighted by atomic mass is 10.1. The highest BCUT2D eigenvalue weighted by Gasteiger charge is 2.19. The molecule has 0 saturated carbocycles. The number of H-pyrrole nitrogens is 1. The predicted octanol–water partition coefficient (Wildman–Crippen LogP) is 2.80. The Morgan fingerprint density at radius 2 is 1.97 bits per heavy atom. The number of aromatic nitrogens is 4. The van der Waals surface area contributed by atoms with Crippen LogP contribution in [0.15, 0.2) is 52.3 Å². The minimum absolute atomic E-state index is 0.110. The Kier molecular flexibility index (Phi) is 7.65. The molecule has 0 bridgehead atoms. The summed E-state index contributed by atoms with van der Waals surface area (Å²) in [5, 5.41) is 15.7. The van der Waals surface area contributed by atoms with E-state index in [1.807, 2.05) is 25.1 Å². The molecule has 164 valence electrons. The van der Waals surface area contributed by atoms with Gasteiger partial charge in [-0.2, -0.15) is 5.21 Å². The Balaban J connectivity index is 1.64. The molecule has 3 N–H and O–H groups in total. The first-order chi connectivity index (χ1) is 14.7. The molecule has 0 saturated heterocycles. The topological polar surface area (TPSA) is 130 Å². The molecule has 3 aromatic rings. The number of carbonyl (C=O) groups excluding carboxylic acids is 1. The van der Waals surface area contributed by atoms with Crippen LogP contribution in [0.3, 0.4) is 0 Å². The van der Waals surface area contributed by atoms with Crippen molar-refractivity contribution in [2.75, 3.05) is 11.9 Å². The third-order valence-electron chi connectivity index (χ3n) is 4.29. The summed E-state index contributed by atoms with van der Waals surface area (Å²) in [5.74, 6) is -0.152. The predicted molar refractivity (Wildman–Crippen MR) is 120 cm³/mol. The molecular weight excluding hydrogens is 460 g/mol. The van der Waals surface area contributed by atoms with E-state index in [1.165, 1.54) is 36.0 Å². The van der Waals surface area contributed by atoms with Crippen molar-refractivity contribution in [2.45, 2.75) is 35.3 Å². The number of thioether (sulfide) groups is 1. The highest BCUT2D eigenvalue weighted by Crippen LogP contribution is 2.29. The van der Waals surface area contributed by atoms with Crippen molar-refractivity contribution in [1.29, 1.82) is 0 Å². The summed E-state index contributed by atoms with van der Waals surface area (Å²) in [7, 11) is -3.64. The van der Waals surface area contributed by atoms with E-state index >= 15 is 0 Å². The highest BCUT2D eigenvalue weighted by atomic mass is 35.5. The fraction of sp³-hybridized carbons (Fsp3) is 0.263. The van der Waals surface area contributed by atoms with E-state index in [4.69, 9.17) is 11.6 Å². The summed E-state index contributed by atoms with van der Waals surface area (Å²) in [5.41, 5.74) is 1.98. The molecule has 1 unspecified atom stereocenters. The molecule has 0 aliphatic rings. The molecule has 2 aromatic carbocycles. The van der Waals surface area contributed by atoms with Crippen LogP contribution in [0.25, 0.3) is 0 Å². The summed E-state index contributed by atoms with van der Waals surface area (Å²) in [6, 6.07) is 11.9. The molecule has 31 heavy (non-hydrogen) atoms. The van der Waals surface area contributed by atoms with Crippen LogP contribution in [0.4, 0.5) is 5.95 Å². The number of aromatic amines is 1. The number of halogens is 1. The van der Waals surface area contributed by atoms with Gasteiger partial charge in [0.2, 0.25) is 15.9 Å². The first-order valence-corrected chi connectivity index (χ1v) is 12.0. The molecule has 1 atom stereocenters. The standard InChI is InChI=1S/C19H21ClN6O3S2/c1-12-3-4-14(9-10-21-31(28,29)16-7-5-15(20)6-8-16)17(11-12)30-13(2)18(27)22-19-23-25-26-24-19/h3-8,11,13,21H,9-10H2,1-2H3,(H2,22,23,24,25,26,27). The van der Waals surface area contributed by atoms with Crippen molar-refractivity contribution in [3.8, 4) is 0 Å².